The number of carbonyl (C=O) groups is 1. The lowest BCUT2D eigenvalue weighted by atomic mass is 10.2. The SMILES string of the molecule is COC(=O)CCSCc1ccccc1Br. The maximum absolute atomic E-state index is 10.8. The number of esters is 1. The van der Waals surface area contributed by atoms with E-state index in [9.17, 15) is 4.79 Å². The summed E-state index contributed by atoms with van der Waals surface area (Å²) in [6.45, 7) is 0. The van der Waals surface area contributed by atoms with Crippen LogP contribution in [0.25, 0.3) is 0 Å². The second kappa shape index (κ2) is 6.90. The van der Waals surface area contributed by atoms with E-state index in [-0.39, 0.29) is 5.97 Å². The van der Waals surface area contributed by atoms with E-state index >= 15 is 0 Å². The monoisotopic (exact) mass is 288 g/mol. The van der Waals surface area contributed by atoms with E-state index in [1.54, 1.807) is 11.8 Å². The summed E-state index contributed by atoms with van der Waals surface area (Å²) in [7, 11) is 1.42. The first-order chi connectivity index (χ1) is 7.24. The maximum atomic E-state index is 10.8. The molecule has 0 N–H and O–H groups in total. The van der Waals surface area contributed by atoms with Gasteiger partial charge in [-0.15, -0.1) is 0 Å². The molecule has 1 aromatic carbocycles. The van der Waals surface area contributed by atoms with Gasteiger partial charge in [0.05, 0.1) is 13.5 Å². The third-order valence-electron chi connectivity index (χ3n) is 1.89. The second-order valence-electron chi connectivity index (χ2n) is 2.97. The Balaban J connectivity index is 2.26. The van der Waals surface area contributed by atoms with E-state index in [0.29, 0.717) is 6.42 Å². The van der Waals surface area contributed by atoms with Gasteiger partial charge in [0, 0.05) is 16.0 Å². The van der Waals surface area contributed by atoms with Crippen LogP contribution in [0.2, 0.25) is 0 Å². The van der Waals surface area contributed by atoms with Gasteiger partial charge in [0.15, 0.2) is 0 Å². The molecule has 0 heterocycles. The summed E-state index contributed by atoms with van der Waals surface area (Å²) in [4.78, 5) is 10.8. The fraction of sp³-hybridized carbons (Fsp3) is 0.364. The lowest BCUT2D eigenvalue weighted by Gasteiger charge is -2.03. The van der Waals surface area contributed by atoms with Crippen molar-refractivity contribution in [2.45, 2.75) is 12.2 Å². The zero-order valence-corrected chi connectivity index (χ0v) is 10.9. The molecule has 0 aliphatic rings. The molecule has 0 spiro atoms. The third-order valence-corrected chi connectivity index (χ3v) is 3.68. The van der Waals surface area contributed by atoms with Gasteiger partial charge in [-0.1, -0.05) is 34.1 Å². The van der Waals surface area contributed by atoms with Crippen LogP contribution in [0.15, 0.2) is 28.7 Å². The van der Waals surface area contributed by atoms with Crippen molar-refractivity contribution in [2.24, 2.45) is 0 Å². The minimum atomic E-state index is -0.144. The molecule has 1 aromatic rings. The van der Waals surface area contributed by atoms with Gasteiger partial charge in [-0.3, -0.25) is 4.79 Å². The summed E-state index contributed by atoms with van der Waals surface area (Å²) in [5, 5.41) is 0. The molecule has 1 rings (SSSR count). The van der Waals surface area contributed by atoms with Crippen LogP contribution in [0.3, 0.4) is 0 Å². The zero-order valence-electron chi connectivity index (χ0n) is 8.53. The van der Waals surface area contributed by atoms with Gasteiger partial charge in [-0.25, -0.2) is 0 Å². The van der Waals surface area contributed by atoms with E-state index in [1.165, 1.54) is 12.7 Å². The van der Waals surface area contributed by atoms with E-state index in [1.807, 2.05) is 18.2 Å². The van der Waals surface area contributed by atoms with Crippen LogP contribution in [0, 0.1) is 0 Å². The van der Waals surface area contributed by atoms with Crippen LogP contribution in [-0.4, -0.2) is 18.8 Å². The molecule has 0 bridgehead atoms. The minimum Gasteiger partial charge on any atom is -0.469 e. The molecule has 0 radical (unpaired) electrons. The predicted octanol–water partition coefficient (Wildman–Crippen LogP) is 3.25. The lowest BCUT2D eigenvalue weighted by Crippen LogP contribution is -2.01. The van der Waals surface area contributed by atoms with Crippen molar-refractivity contribution < 1.29 is 9.53 Å². The summed E-state index contributed by atoms with van der Waals surface area (Å²) in [5.74, 6) is 1.57. The van der Waals surface area contributed by atoms with Crippen molar-refractivity contribution in [1.82, 2.24) is 0 Å². The third kappa shape index (κ3) is 4.71. The summed E-state index contributed by atoms with van der Waals surface area (Å²) in [6, 6.07) is 8.11. The highest BCUT2D eigenvalue weighted by molar-refractivity contribution is 9.10. The van der Waals surface area contributed by atoms with E-state index in [0.717, 1.165) is 16.0 Å². The standard InChI is InChI=1S/C11H13BrO2S/c1-14-11(13)6-7-15-8-9-4-2-3-5-10(9)12/h2-5H,6-8H2,1H3. The van der Waals surface area contributed by atoms with Crippen molar-refractivity contribution in [3.8, 4) is 0 Å². The average Bonchev–Trinajstić information content (AvgIpc) is 2.26. The van der Waals surface area contributed by atoms with Gasteiger partial charge in [-0.2, -0.15) is 11.8 Å². The first-order valence-corrected chi connectivity index (χ1v) is 6.56. The minimum absolute atomic E-state index is 0.144. The quantitative estimate of drug-likeness (QED) is 0.615. The molecule has 0 aromatic heterocycles. The maximum Gasteiger partial charge on any atom is 0.306 e. The smallest absolute Gasteiger partial charge is 0.306 e. The number of hydrogen-bond acceptors (Lipinski definition) is 3. The number of methoxy groups -OCH3 is 1. The van der Waals surface area contributed by atoms with Crippen molar-refractivity contribution in [3.63, 3.8) is 0 Å². The number of ether oxygens (including phenoxy) is 1. The largest absolute Gasteiger partial charge is 0.469 e. The molecule has 0 aliphatic carbocycles. The molecule has 15 heavy (non-hydrogen) atoms. The topological polar surface area (TPSA) is 26.3 Å². The first kappa shape index (κ1) is 12.6. The highest BCUT2D eigenvalue weighted by Gasteiger charge is 2.01. The van der Waals surface area contributed by atoms with Crippen molar-refractivity contribution >= 4 is 33.7 Å². The predicted molar refractivity (Wildman–Crippen MR) is 66.9 cm³/mol. The summed E-state index contributed by atoms with van der Waals surface area (Å²) in [5.41, 5.74) is 1.26. The van der Waals surface area contributed by atoms with Crippen LogP contribution in [-0.2, 0) is 15.3 Å². The lowest BCUT2D eigenvalue weighted by molar-refractivity contribution is -0.140. The van der Waals surface area contributed by atoms with Crippen molar-refractivity contribution in [1.29, 1.82) is 0 Å². The number of hydrogen-bond donors (Lipinski definition) is 0. The fourth-order valence-electron chi connectivity index (χ4n) is 1.06. The molecular formula is C11H13BrO2S. The van der Waals surface area contributed by atoms with Gasteiger partial charge < -0.3 is 4.74 Å². The Bertz CT molecular complexity index is 328. The number of carbonyl (C=O) groups excluding carboxylic acids is 1. The molecule has 0 unspecified atom stereocenters. The molecule has 4 heteroatoms. The molecular weight excluding hydrogens is 276 g/mol. The Morgan fingerprint density at radius 3 is 2.87 bits per heavy atom. The van der Waals surface area contributed by atoms with Gasteiger partial charge in [0.2, 0.25) is 0 Å². The van der Waals surface area contributed by atoms with Gasteiger partial charge in [0.1, 0.15) is 0 Å². The normalized spacial score (nSPS) is 10.0. The molecule has 0 amide bonds. The highest BCUT2D eigenvalue weighted by atomic mass is 79.9. The van der Waals surface area contributed by atoms with Crippen LogP contribution in [0.5, 0.6) is 0 Å². The number of benzene rings is 1. The van der Waals surface area contributed by atoms with Crippen molar-refractivity contribution in [2.75, 3.05) is 12.9 Å². The van der Waals surface area contributed by atoms with Crippen LogP contribution in [0.4, 0.5) is 0 Å². The highest BCUT2D eigenvalue weighted by Crippen LogP contribution is 2.21. The fourth-order valence-corrected chi connectivity index (χ4v) is 2.59. The Hall–Kier alpha value is -0.480. The molecule has 82 valence electrons. The van der Waals surface area contributed by atoms with Crippen LogP contribution in [0.1, 0.15) is 12.0 Å². The molecule has 0 atom stereocenters. The van der Waals surface area contributed by atoms with Gasteiger partial charge in [-0.05, 0) is 11.6 Å². The van der Waals surface area contributed by atoms with Gasteiger partial charge >= 0.3 is 5.97 Å². The van der Waals surface area contributed by atoms with Gasteiger partial charge in [0.25, 0.3) is 0 Å². The summed E-state index contributed by atoms with van der Waals surface area (Å²) in [6.07, 6.45) is 0.478. The Morgan fingerprint density at radius 1 is 1.47 bits per heavy atom. The Morgan fingerprint density at radius 2 is 2.20 bits per heavy atom. The number of rotatable bonds is 5. The molecule has 0 saturated heterocycles. The van der Waals surface area contributed by atoms with E-state index in [2.05, 4.69) is 26.7 Å². The number of halogens is 1. The number of thioether (sulfide) groups is 1. The zero-order chi connectivity index (χ0) is 11.1. The molecule has 2 nitrogen and oxygen atoms in total. The Kier molecular flexibility index (Phi) is 5.79. The van der Waals surface area contributed by atoms with Crippen molar-refractivity contribution in [3.05, 3.63) is 34.3 Å². The molecule has 0 aliphatic heterocycles. The average molecular weight is 289 g/mol. The summed E-state index contributed by atoms with van der Waals surface area (Å²) < 4.78 is 5.69. The second-order valence-corrected chi connectivity index (χ2v) is 4.93. The Labute approximate surface area is 103 Å². The summed E-state index contributed by atoms with van der Waals surface area (Å²) >= 11 is 5.22. The van der Waals surface area contributed by atoms with Crippen LogP contribution >= 0.6 is 27.7 Å². The van der Waals surface area contributed by atoms with Crippen LogP contribution < -0.4 is 0 Å². The first-order valence-electron chi connectivity index (χ1n) is 4.62. The van der Waals surface area contributed by atoms with E-state index < -0.39 is 0 Å². The molecule has 0 fully saturated rings. The molecule has 0 saturated carbocycles. The van der Waals surface area contributed by atoms with E-state index in [4.69, 9.17) is 0 Å².